The van der Waals surface area contributed by atoms with E-state index in [1.54, 1.807) is 0 Å². The smallest absolute Gasteiger partial charge is 0.251 e. The van der Waals surface area contributed by atoms with Crippen LogP contribution in [0.5, 0.6) is 0 Å². The van der Waals surface area contributed by atoms with Crippen LogP contribution in [0.25, 0.3) is 0 Å². The number of anilines is 1. The third-order valence-electron chi connectivity index (χ3n) is 6.35. The summed E-state index contributed by atoms with van der Waals surface area (Å²) in [7, 11) is -3.69. The molecule has 2 aromatic rings. The second-order valence-corrected chi connectivity index (χ2v) is 11.5. The summed E-state index contributed by atoms with van der Waals surface area (Å²) < 4.78 is 27.2. The summed E-state index contributed by atoms with van der Waals surface area (Å²) in [5.41, 5.74) is 7.46. The number of sulfonamides is 1. The lowest BCUT2D eigenvalue weighted by molar-refractivity contribution is -0.120. The molecule has 0 bridgehead atoms. The molecule has 2 aliphatic rings. The molecule has 1 fully saturated rings. The number of nitrogens with zero attached hydrogens (tertiary/aromatic N) is 2. The minimum Gasteiger partial charge on any atom is -0.365 e. The topological polar surface area (TPSA) is 133 Å². The Kier molecular flexibility index (Phi) is 6.83. The van der Waals surface area contributed by atoms with Gasteiger partial charge in [0, 0.05) is 23.9 Å². The average Bonchev–Trinajstić information content (AvgIpc) is 2.99. The van der Waals surface area contributed by atoms with E-state index in [2.05, 4.69) is 5.32 Å². The van der Waals surface area contributed by atoms with Gasteiger partial charge < -0.3 is 11.1 Å². The van der Waals surface area contributed by atoms with E-state index in [0.717, 1.165) is 42.5 Å². The van der Waals surface area contributed by atoms with Gasteiger partial charge >= 0.3 is 0 Å². The van der Waals surface area contributed by atoms with Crippen LogP contribution >= 0.6 is 11.3 Å². The van der Waals surface area contributed by atoms with Crippen molar-refractivity contribution in [2.24, 2.45) is 11.7 Å². The molecular weight excluding hydrogens is 460 g/mol. The van der Waals surface area contributed by atoms with Gasteiger partial charge in [-0.25, -0.2) is 8.42 Å². The summed E-state index contributed by atoms with van der Waals surface area (Å²) in [4.78, 5) is 26.4. The van der Waals surface area contributed by atoms with Crippen molar-refractivity contribution in [1.29, 1.82) is 5.26 Å². The number of nitrogens with two attached hydrogens (primary N) is 1. The Morgan fingerprint density at radius 1 is 1.09 bits per heavy atom. The molecule has 3 N–H and O–H groups in total. The summed E-state index contributed by atoms with van der Waals surface area (Å²) in [5.74, 6) is -1.07. The number of benzene rings is 1. The third kappa shape index (κ3) is 4.81. The monoisotopic (exact) mass is 486 g/mol. The average molecular weight is 487 g/mol. The predicted molar refractivity (Wildman–Crippen MR) is 125 cm³/mol. The number of aryl methyl sites for hydroxylation is 1. The zero-order valence-electron chi connectivity index (χ0n) is 18.2. The number of amides is 2. The number of rotatable bonds is 5. The molecule has 1 aromatic carbocycles. The van der Waals surface area contributed by atoms with Crippen molar-refractivity contribution in [2.75, 3.05) is 18.4 Å². The fourth-order valence-electron chi connectivity index (χ4n) is 4.51. The number of nitrogens with one attached hydrogen (secondary N) is 1. The molecule has 1 saturated heterocycles. The number of carbonyl (C=O) groups is 2. The molecule has 0 spiro atoms. The van der Waals surface area contributed by atoms with E-state index >= 15 is 0 Å². The molecule has 0 unspecified atom stereocenters. The van der Waals surface area contributed by atoms with Gasteiger partial charge in [0.05, 0.1) is 22.1 Å². The van der Waals surface area contributed by atoms with E-state index in [0.29, 0.717) is 29.0 Å². The molecule has 4 rings (SSSR count). The van der Waals surface area contributed by atoms with E-state index in [1.807, 2.05) is 6.07 Å². The van der Waals surface area contributed by atoms with Crippen molar-refractivity contribution >= 4 is 38.2 Å². The second-order valence-electron chi connectivity index (χ2n) is 8.44. The number of primary amides is 1. The van der Waals surface area contributed by atoms with Crippen LogP contribution in [0.2, 0.25) is 0 Å². The number of piperidine rings is 1. The highest BCUT2D eigenvalue weighted by Crippen LogP contribution is 2.38. The lowest BCUT2D eigenvalue weighted by Crippen LogP contribution is -2.41. The molecule has 2 amide bonds. The summed E-state index contributed by atoms with van der Waals surface area (Å²) in [6.07, 6.45) is 5.64. The lowest BCUT2D eigenvalue weighted by Gasteiger charge is -2.30. The van der Waals surface area contributed by atoms with Gasteiger partial charge in [0.15, 0.2) is 0 Å². The number of thiophene rings is 1. The van der Waals surface area contributed by atoms with Gasteiger partial charge in [-0.3, -0.25) is 9.59 Å². The molecule has 10 heteroatoms. The van der Waals surface area contributed by atoms with Crippen LogP contribution in [0.3, 0.4) is 0 Å². The molecule has 0 atom stereocenters. The number of hydrogen-bond donors (Lipinski definition) is 2. The van der Waals surface area contributed by atoms with Crippen LogP contribution in [-0.2, 0) is 27.7 Å². The molecule has 33 heavy (non-hydrogen) atoms. The molecular formula is C23H26N4O4S2. The van der Waals surface area contributed by atoms with E-state index in [4.69, 9.17) is 11.0 Å². The molecule has 0 radical (unpaired) electrons. The number of hydrogen-bond acceptors (Lipinski definition) is 6. The Balaban J connectivity index is 1.43. The summed E-state index contributed by atoms with van der Waals surface area (Å²) >= 11 is 1.44. The maximum absolute atomic E-state index is 13.0. The van der Waals surface area contributed by atoms with E-state index in [1.165, 1.54) is 39.9 Å². The van der Waals surface area contributed by atoms with Gasteiger partial charge in [-0.05, 0) is 68.4 Å². The van der Waals surface area contributed by atoms with Crippen LogP contribution in [0.15, 0.2) is 29.2 Å². The zero-order chi connectivity index (χ0) is 23.6. The van der Waals surface area contributed by atoms with Gasteiger partial charge in [0.2, 0.25) is 15.9 Å². The van der Waals surface area contributed by atoms with Gasteiger partial charge in [-0.15, -0.1) is 11.3 Å². The van der Waals surface area contributed by atoms with Crippen molar-refractivity contribution in [1.82, 2.24) is 4.31 Å². The Morgan fingerprint density at radius 2 is 1.76 bits per heavy atom. The van der Waals surface area contributed by atoms with Crippen LogP contribution in [-0.4, -0.2) is 37.6 Å². The third-order valence-corrected chi connectivity index (χ3v) is 9.47. The Hall–Kier alpha value is -2.74. The number of fused-ring (bicyclic) bond motifs is 1. The minimum absolute atomic E-state index is 0.135. The Bertz CT molecular complexity index is 1200. The Labute approximate surface area is 197 Å². The van der Waals surface area contributed by atoms with Crippen LogP contribution < -0.4 is 11.1 Å². The molecule has 2 heterocycles. The Morgan fingerprint density at radius 3 is 2.39 bits per heavy atom. The fourth-order valence-corrected chi connectivity index (χ4v) is 7.28. The zero-order valence-corrected chi connectivity index (χ0v) is 19.8. The molecule has 1 aromatic heterocycles. The molecule has 174 valence electrons. The normalized spacial score (nSPS) is 17.5. The fraction of sp³-hybridized carbons (Fsp3) is 0.435. The maximum atomic E-state index is 13.0. The largest absolute Gasteiger partial charge is 0.365 e. The standard InChI is InChI=1S/C23H26N4O4S2/c24-14-15-6-8-17(9-7-15)33(30,31)27-12-10-16(11-13-27)22(29)26-23-20(21(25)28)18-4-2-1-3-5-19(18)32-23/h6-9,16H,1-5,10-13H2,(H2,25,28)(H,26,29). The van der Waals surface area contributed by atoms with Gasteiger partial charge in [0.25, 0.3) is 5.91 Å². The van der Waals surface area contributed by atoms with E-state index < -0.39 is 15.9 Å². The highest BCUT2D eigenvalue weighted by molar-refractivity contribution is 7.89. The van der Waals surface area contributed by atoms with Crippen molar-refractivity contribution < 1.29 is 18.0 Å². The number of carbonyl (C=O) groups excluding carboxylic acids is 2. The van der Waals surface area contributed by atoms with Crippen molar-refractivity contribution in [2.45, 2.75) is 49.8 Å². The van der Waals surface area contributed by atoms with Crippen LogP contribution in [0.1, 0.15) is 58.5 Å². The number of nitriles is 1. The quantitative estimate of drug-likeness (QED) is 0.627. The van der Waals surface area contributed by atoms with Crippen molar-refractivity contribution in [3.63, 3.8) is 0 Å². The molecule has 0 saturated carbocycles. The second kappa shape index (κ2) is 9.63. The first-order valence-corrected chi connectivity index (χ1v) is 13.3. The van der Waals surface area contributed by atoms with E-state index in [-0.39, 0.29) is 29.8 Å². The predicted octanol–water partition coefficient (Wildman–Crippen LogP) is 3.03. The van der Waals surface area contributed by atoms with Crippen molar-refractivity contribution in [3.8, 4) is 6.07 Å². The summed E-state index contributed by atoms with van der Waals surface area (Å²) in [6, 6.07) is 7.79. The lowest BCUT2D eigenvalue weighted by atomic mass is 9.97. The molecule has 1 aliphatic carbocycles. The van der Waals surface area contributed by atoms with Crippen molar-refractivity contribution in [3.05, 3.63) is 45.8 Å². The van der Waals surface area contributed by atoms with Gasteiger partial charge in [-0.1, -0.05) is 6.42 Å². The first kappa shape index (κ1) is 23.4. The summed E-state index contributed by atoms with van der Waals surface area (Å²) in [5, 5.41) is 12.3. The van der Waals surface area contributed by atoms with Crippen LogP contribution in [0, 0.1) is 17.2 Å². The van der Waals surface area contributed by atoms with Gasteiger partial charge in [-0.2, -0.15) is 9.57 Å². The van der Waals surface area contributed by atoms with Crippen LogP contribution in [0.4, 0.5) is 5.00 Å². The summed E-state index contributed by atoms with van der Waals surface area (Å²) in [6.45, 7) is 0.452. The highest BCUT2D eigenvalue weighted by atomic mass is 32.2. The molecule has 8 nitrogen and oxygen atoms in total. The molecule has 1 aliphatic heterocycles. The van der Waals surface area contributed by atoms with Gasteiger partial charge in [0.1, 0.15) is 5.00 Å². The first-order valence-electron chi connectivity index (χ1n) is 11.1. The SMILES string of the molecule is N#Cc1ccc(S(=O)(=O)N2CCC(C(=O)Nc3sc4c(c3C(N)=O)CCCCC4)CC2)cc1. The minimum atomic E-state index is -3.69. The maximum Gasteiger partial charge on any atom is 0.251 e. The van der Waals surface area contributed by atoms with E-state index in [9.17, 15) is 18.0 Å². The first-order chi connectivity index (χ1) is 15.8. The highest BCUT2D eigenvalue weighted by Gasteiger charge is 2.33.